The highest BCUT2D eigenvalue weighted by Gasteiger charge is 2.17. The molecule has 7 nitrogen and oxygen atoms in total. The number of primary amides is 1. The number of amides is 1. The topological polar surface area (TPSA) is 103 Å². The SMILES string of the molecule is COc1ccc(-c2n[nH]nc2C(N)=O)cc1OCc1ccccc1C. The quantitative estimate of drug-likeness (QED) is 0.718. The van der Waals surface area contributed by atoms with Crippen LogP contribution in [0.5, 0.6) is 11.5 Å². The van der Waals surface area contributed by atoms with Crippen molar-refractivity contribution in [1.29, 1.82) is 0 Å². The largest absolute Gasteiger partial charge is 0.493 e. The van der Waals surface area contributed by atoms with Crippen LogP contribution in [0.3, 0.4) is 0 Å². The molecule has 0 atom stereocenters. The molecule has 0 aliphatic heterocycles. The third kappa shape index (κ3) is 3.45. The van der Waals surface area contributed by atoms with Gasteiger partial charge in [0.1, 0.15) is 12.3 Å². The van der Waals surface area contributed by atoms with Gasteiger partial charge in [0, 0.05) is 5.56 Å². The Labute approximate surface area is 144 Å². The number of nitrogens with one attached hydrogen (secondary N) is 1. The standard InChI is InChI=1S/C18H18N4O3/c1-11-5-3-4-6-13(11)10-25-15-9-12(7-8-14(15)24-2)16-17(18(19)23)21-22-20-16/h3-9H,10H2,1-2H3,(H2,19,23)(H,20,21,22). The molecule has 25 heavy (non-hydrogen) atoms. The lowest BCUT2D eigenvalue weighted by molar-refractivity contribution is 0.0996. The summed E-state index contributed by atoms with van der Waals surface area (Å²) in [6.07, 6.45) is 0. The predicted molar refractivity (Wildman–Crippen MR) is 92.4 cm³/mol. The molecule has 0 saturated carbocycles. The van der Waals surface area contributed by atoms with Gasteiger partial charge in [-0.05, 0) is 36.2 Å². The summed E-state index contributed by atoms with van der Waals surface area (Å²) < 4.78 is 11.3. The lowest BCUT2D eigenvalue weighted by Crippen LogP contribution is -2.12. The molecule has 128 valence electrons. The minimum atomic E-state index is -0.651. The molecule has 1 aromatic heterocycles. The second kappa shape index (κ2) is 7.04. The molecule has 0 spiro atoms. The number of H-pyrrole nitrogens is 1. The molecule has 0 bridgehead atoms. The smallest absolute Gasteiger partial charge is 0.271 e. The van der Waals surface area contributed by atoms with Gasteiger partial charge >= 0.3 is 0 Å². The number of aromatic amines is 1. The van der Waals surface area contributed by atoms with Crippen molar-refractivity contribution in [3.05, 3.63) is 59.3 Å². The minimum Gasteiger partial charge on any atom is -0.493 e. The molecular formula is C18H18N4O3. The van der Waals surface area contributed by atoms with Crippen molar-refractivity contribution in [2.75, 3.05) is 7.11 Å². The molecular weight excluding hydrogens is 320 g/mol. The second-order valence-electron chi connectivity index (χ2n) is 5.47. The molecule has 0 aliphatic rings. The van der Waals surface area contributed by atoms with Crippen molar-refractivity contribution in [3.63, 3.8) is 0 Å². The van der Waals surface area contributed by atoms with Crippen molar-refractivity contribution < 1.29 is 14.3 Å². The predicted octanol–water partition coefficient (Wildman–Crippen LogP) is 2.47. The molecule has 0 aliphatic carbocycles. The van der Waals surface area contributed by atoms with Crippen LogP contribution < -0.4 is 15.2 Å². The molecule has 2 aromatic carbocycles. The first-order valence-electron chi connectivity index (χ1n) is 7.66. The van der Waals surface area contributed by atoms with Gasteiger partial charge in [-0.3, -0.25) is 4.79 Å². The van der Waals surface area contributed by atoms with Crippen LogP contribution in [-0.4, -0.2) is 28.4 Å². The number of methoxy groups -OCH3 is 1. The maximum Gasteiger partial charge on any atom is 0.271 e. The number of ether oxygens (including phenoxy) is 2. The highest BCUT2D eigenvalue weighted by atomic mass is 16.5. The van der Waals surface area contributed by atoms with Crippen molar-refractivity contribution in [1.82, 2.24) is 15.4 Å². The number of carbonyl (C=O) groups excluding carboxylic acids is 1. The van der Waals surface area contributed by atoms with Gasteiger partial charge in [-0.2, -0.15) is 15.4 Å². The Morgan fingerprint density at radius 3 is 2.68 bits per heavy atom. The third-order valence-corrected chi connectivity index (χ3v) is 3.86. The van der Waals surface area contributed by atoms with Crippen LogP contribution in [0.1, 0.15) is 21.6 Å². The van der Waals surface area contributed by atoms with Crippen LogP contribution in [0, 0.1) is 6.92 Å². The Morgan fingerprint density at radius 2 is 1.96 bits per heavy atom. The van der Waals surface area contributed by atoms with E-state index < -0.39 is 5.91 Å². The Morgan fingerprint density at radius 1 is 1.16 bits per heavy atom. The third-order valence-electron chi connectivity index (χ3n) is 3.86. The maximum absolute atomic E-state index is 11.5. The molecule has 0 radical (unpaired) electrons. The second-order valence-corrected chi connectivity index (χ2v) is 5.47. The first-order chi connectivity index (χ1) is 12.1. The summed E-state index contributed by atoms with van der Waals surface area (Å²) in [5.74, 6) is 0.477. The molecule has 3 aromatic rings. The normalized spacial score (nSPS) is 10.5. The fourth-order valence-electron chi connectivity index (χ4n) is 2.47. The summed E-state index contributed by atoms with van der Waals surface area (Å²) in [5, 5.41) is 10.2. The van der Waals surface area contributed by atoms with Crippen molar-refractivity contribution in [2.45, 2.75) is 13.5 Å². The fourth-order valence-corrected chi connectivity index (χ4v) is 2.47. The number of hydrogen-bond acceptors (Lipinski definition) is 5. The van der Waals surface area contributed by atoms with E-state index >= 15 is 0 Å². The summed E-state index contributed by atoms with van der Waals surface area (Å²) >= 11 is 0. The zero-order chi connectivity index (χ0) is 17.8. The Kier molecular flexibility index (Phi) is 4.65. The summed E-state index contributed by atoms with van der Waals surface area (Å²) in [4.78, 5) is 11.5. The summed E-state index contributed by atoms with van der Waals surface area (Å²) in [5.41, 5.74) is 8.65. The lowest BCUT2D eigenvalue weighted by Gasteiger charge is -2.13. The van der Waals surface area contributed by atoms with E-state index in [1.54, 1.807) is 25.3 Å². The summed E-state index contributed by atoms with van der Waals surface area (Å²) in [6.45, 7) is 2.43. The van der Waals surface area contributed by atoms with E-state index in [2.05, 4.69) is 15.4 Å². The first-order valence-corrected chi connectivity index (χ1v) is 7.66. The van der Waals surface area contributed by atoms with E-state index in [1.807, 2.05) is 31.2 Å². The highest BCUT2D eigenvalue weighted by Crippen LogP contribution is 2.33. The van der Waals surface area contributed by atoms with E-state index in [1.165, 1.54) is 0 Å². The monoisotopic (exact) mass is 338 g/mol. The molecule has 7 heteroatoms. The minimum absolute atomic E-state index is 0.0787. The average molecular weight is 338 g/mol. The summed E-state index contributed by atoms with van der Waals surface area (Å²) in [7, 11) is 1.57. The van der Waals surface area contributed by atoms with Gasteiger partial charge in [0.05, 0.1) is 7.11 Å². The molecule has 0 saturated heterocycles. The number of rotatable bonds is 6. The molecule has 1 heterocycles. The first kappa shape index (κ1) is 16.5. The molecule has 3 rings (SSSR count). The zero-order valence-electron chi connectivity index (χ0n) is 13.9. The van der Waals surface area contributed by atoms with E-state index in [4.69, 9.17) is 15.2 Å². The Bertz CT molecular complexity index is 905. The van der Waals surface area contributed by atoms with E-state index in [0.717, 1.165) is 11.1 Å². The fraction of sp³-hybridized carbons (Fsp3) is 0.167. The summed E-state index contributed by atoms with van der Waals surface area (Å²) in [6, 6.07) is 13.3. The number of aromatic nitrogens is 3. The van der Waals surface area contributed by atoms with Crippen LogP contribution in [-0.2, 0) is 6.61 Å². The Balaban J connectivity index is 1.91. The number of carbonyl (C=O) groups is 1. The number of nitrogens with zero attached hydrogens (tertiary/aromatic N) is 2. The van der Waals surface area contributed by atoms with Gasteiger partial charge in [0.2, 0.25) is 0 Å². The zero-order valence-corrected chi connectivity index (χ0v) is 13.9. The van der Waals surface area contributed by atoms with Crippen LogP contribution >= 0.6 is 0 Å². The van der Waals surface area contributed by atoms with Gasteiger partial charge in [0.25, 0.3) is 5.91 Å². The van der Waals surface area contributed by atoms with Crippen LogP contribution in [0.15, 0.2) is 42.5 Å². The number of benzene rings is 2. The molecule has 0 fully saturated rings. The van der Waals surface area contributed by atoms with Crippen molar-refractivity contribution in [2.24, 2.45) is 5.73 Å². The number of aryl methyl sites for hydroxylation is 1. The van der Waals surface area contributed by atoms with Gasteiger partial charge < -0.3 is 15.2 Å². The van der Waals surface area contributed by atoms with E-state index in [0.29, 0.717) is 29.4 Å². The lowest BCUT2D eigenvalue weighted by atomic mass is 10.1. The Hall–Kier alpha value is -3.35. The highest BCUT2D eigenvalue weighted by molar-refractivity contribution is 5.96. The maximum atomic E-state index is 11.5. The van der Waals surface area contributed by atoms with Crippen LogP contribution in [0.25, 0.3) is 11.3 Å². The van der Waals surface area contributed by atoms with Crippen molar-refractivity contribution >= 4 is 5.91 Å². The van der Waals surface area contributed by atoms with Crippen LogP contribution in [0.4, 0.5) is 0 Å². The number of hydrogen-bond donors (Lipinski definition) is 2. The van der Waals surface area contributed by atoms with Gasteiger partial charge in [-0.1, -0.05) is 24.3 Å². The molecule has 3 N–H and O–H groups in total. The van der Waals surface area contributed by atoms with Gasteiger partial charge in [-0.25, -0.2) is 0 Å². The molecule has 1 amide bonds. The average Bonchev–Trinajstić information content (AvgIpc) is 3.11. The van der Waals surface area contributed by atoms with Gasteiger partial charge in [-0.15, -0.1) is 0 Å². The van der Waals surface area contributed by atoms with Crippen LogP contribution in [0.2, 0.25) is 0 Å². The molecule has 0 unspecified atom stereocenters. The van der Waals surface area contributed by atoms with Crippen molar-refractivity contribution in [3.8, 4) is 22.8 Å². The van der Waals surface area contributed by atoms with E-state index in [9.17, 15) is 4.79 Å². The number of nitrogens with two attached hydrogens (primary N) is 1. The van der Waals surface area contributed by atoms with E-state index in [-0.39, 0.29) is 5.69 Å². The van der Waals surface area contributed by atoms with Gasteiger partial charge in [0.15, 0.2) is 17.2 Å².